The van der Waals surface area contributed by atoms with E-state index in [4.69, 9.17) is 11.6 Å². The van der Waals surface area contributed by atoms with E-state index in [2.05, 4.69) is 10.6 Å². The van der Waals surface area contributed by atoms with Crippen LogP contribution in [-0.2, 0) is 9.59 Å². The molecule has 33 heavy (non-hydrogen) atoms. The van der Waals surface area contributed by atoms with Crippen molar-refractivity contribution in [3.05, 3.63) is 76.8 Å². The molecule has 170 valence electrons. The number of piperidine rings is 1. The molecule has 0 bridgehead atoms. The molecule has 7 heteroatoms. The number of nitrogens with one attached hydrogen (secondary N) is 2. The summed E-state index contributed by atoms with van der Waals surface area (Å²) in [6, 6.07) is 18.9. The van der Waals surface area contributed by atoms with Gasteiger partial charge >= 0.3 is 0 Å². The number of fused-ring (bicyclic) bond motifs is 1. The van der Waals surface area contributed by atoms with Gasteiger partial charge in [0.05, 0.1) is 17.3 Å². The van der Waals surface area contributed by atoms with E-state index in [9.17, 15) is 14.4 Å². The van der Waals surface area contributed by atoms with Gasteiger partial charge in [-0.2, -0.15) is 0 Å². The third kappa shape index (κ3) is 5.34. The summed E-state index contributed by atoms with van der Waals surface area (Å²) in [6.45, 7) is 2.80. The van der Waals surface area contributed by atoms with E-state index in [1.165, 1.54) is 0 Å². The van der Waals surface area contributed by atoms with Gasteiger partial charge in [0.25, 0.3) is 5.91 Å². The van der Waals surface area contributed by atoms with E-state index in [1.807, 2.05) is 55.5 Å². The molecule has 1 heterocycles. The van der Waals surface area contributed by atoms with Crippen molar-refractivity contribution >= 4 is 45.8 Å². The lowest BCUT2D eigenvalue weighted by Gasteiger charge is -2.31. The summed E-state index contributed by atoms with van der Waals surface area (Å²) < 4.78 is 0. The van der Waals surface area contributed by atoms with Crippen molar-refractivity contribution in [2.45, 2.75) is 19.8 Å². The number of anilines is 1. The normalized spacial score (nSPS) is 14.2. The number of halogens is 1. The van der Waals surface area contributed by atoms with E-state index in [1.54, 1.807) is 17.0 Å². The molecule has 0 aliphatic carbocycles. The fraction of sp³-hybridized carbons (Fsp3) is 0.269. The second-order valence-corrected chi connectivity index (χ2v) is 8.75. The van der Waals surface area contributed by atoms with Crippen molar-refractivity contribution in [2.24, 2.45) is 5.92 Å². The minimum absolute atomic E-state index is 0.0139. The van der Waals surface area contributed by atoms with Gasteiger partial charge in [-0.25, -0.2) is 0 Å². The summed E-state index contributed by atoms with van der Waals surface area (Å²) in [6.07, 6.45) is 1.13. The lowest BCUT2D eigenvalue weighted by Crippen LogP contribution is -2.44. The van der Waals surface area contributed by atoms with Gasteiger partial charge in [-0.05, 0) is 54.3 Å². The molecular weight excluding hydrogens is 438 g/mol. The Bertz CT molecular complexity index is 1200. The highest BCUT2D eigenvalue weighted by atomic mass is 35.5. The summed E-state index contributed by atoms with van der Waals surface area (Å²) in [5.74, 6) is -0.743. The molecule has 4 rings (SSSR count). The van der Waals surface area contributed by atoms with E-state index in [-0.39, 0.29) is 30.2 Å². The molecular formula is C26H26ClN3O3. The highest BCUT2D eigenvalue weighted by Gasteiger charge is 2.28. The first-order valence-corrected chi connectivity index (χ1v) is 11.4. The molecule has 1 saturated heterocycles. The standard InChI is InChI=1S/C26H26ClN3O3/c1-17-9-10-23(22(27)15-17)29-24(31)16-28-25(32)19-11-13-30(14-12-19)26(33)21-8-4-6-18-5-2-3-7-20(18)21/h2-10,15,19H,11-14,16H2,1H3,(H,28,32)(H,29,31). The van der Waals surface area contributed by atoms with Crippen molar-refractivity contribution in [1.82, 2.24) is 10.2 Å². The largest absolute Gasteiger partial charge is 0.347 e. The van der Waals surface area contributed by atoms with Gasteiger partial charge in [0.15, 0.2) is 0 Å². The Morgan fingerprint density at radius 1 is 1.00 bits per heavy atom. The van der Waals surface area contributed by atoms with Crippen LogP contribution in [-0.4, -0.2) is 42.3 Å². The molecule has 1 fully saturated rings. The molecule has 0 radical (unpaired) electrons. The first kappa shape index (κ1) is 22.8. The zero-order valence-electron chi connectivity index (χ0n) is 18.4. The van der Waals surface area contributed by atoms with Crippen molar-refractivity contribution in [1.29, 1.82) is 0 Å². The number of aryl methyl sites for hydroxylation is 1. The molecule has 1 aliphatic heterocycles. The first-order valence-electron chi connectivity index (χ1n) is 11.0. The fourth-order valence-corrected chi connectivity index (χ4v) is 4.44. The Hall–Kier alpha value is -3.38. The Morgan fingerprint density at radius 3 is 2.48 bits per heavy atom. The number of hydrogen-bond acceptors (Lipinski definition) is 3. The van der Waals surface area contributed by atoms with Crippen LogP contribution in [0.4, 0.5) is 5.69 Å². The molecule has 3 aromatic carbocycles. The summed E-state index contributed by atoms with van der Waals surface area (Å²) in [4.78, 5) is 39.7. The van der Waals surface area contributed by atoms with Crippen molar-refractivity contribution < 1.29 is 14.4 Å². The average molecular weight is 464 g/mol. The Kier molecular flexibility index (Phi) is 6.94. The van der Waals surface area contributed by atoms with Gasteiger partial charge in [0.1, 0.15) is 0 Å². The maximum atomic E-state index is 13.1. The van der Waals surface area contributed by atoms with Gasteiger partial charge in [-0.15, -0.1) is 0 Å². The number of hydrogen-bond donors (Lipinski definition) is 2. The molecule has 3 aromatic rings. The van der Waals surface area contributed by atoms with Crippen LogP contribution in [0.2, 0.25) is 5.02 Å². The topological polar surface area (TPSA) is 78.5 Å². The fourth-order valence-electron chi connectivity index (χ4n) is 4.15. The second kappa shape index (κ2) is 10.0. The van der Waals surface area contributed by atoms with Gasteiger partial charge in [-0.3, -0.25) is 14.4 Å². The number of nitrogens with zero attached hydrogens (tertiary/aromatic N) is 1. The molecule has 0 aromatic heterocycles. The average Bonchev–Trinajstić information content (AvgIpc) is 2.83. The minimum Gasteiger partial charge on any atom is -0.347 e. The van der Waals surface area contributed by atoms with Crippen LogP contribution in [0.15, 0.2) is 60.7 Å². The first-order chi connectivity index (χ1) is 15.9. The summed E-state index contributed by atoms with van der Waals surface area (Å²) in [7, 11) is 0. The zero-order valence-corrected chi connectivity index (χ0v) is 19.2. The van der Waals surface area contributed by atoms with Crippen LogP contribution < -0.4 is 10.6 Å². The van der Waals surface area contributed by atoms with Crippen LogP contribution in [0.5, 0.6) is 0 Å². The maximum Gasteiger partial charge on any atom is 0.254 e. The van der Waals surface area contributed by atoms with Crippen molar-refractivity contribution in [3.63, 3.8) is 0 Å². The number of rotatable bonds is 5. The maximum absolute atomic E-state index is 13.1. The monoisotopic (exact) mass is 463 g/mol. The zero-order chi connectivity index (χ0) is 23.4. The van der Waals surface area contributed by atoms with Gasteiger partial charge in [0, 0.05) is 24.6 Å². The van der Waals surface area contributed by atoms with Gasteiger partial charge in [0.2, 0.25) is 11.8 Å². The molecule has 1 aliphatic rings. The van der Waals surface area contributed by atoms with E-state index >= 15 is 0 Å². The molecule has 0 saturated carbocycles. The van der Waals surface area contributed by atoms with Crippen LogP contribution in [0, 0.1) is 12.8 Å². The number of carbonyl (C=O) groups excluding carboxylic acids is 3. The van der Waals surface area contributed by atoms with Crippen molar-refractivity contribution in [3.8, 4) is 0 Å². The molecule has 0 unspecified atom stereocenters. The third-order valence-electron chi connectivity index (χ3n) is 5.99. The van der Waals surface area contributed by atoms with E-state index < -0.39 is 0 Å². The lowest BCUT2D eigenvalue weighted by atomic mass is 9.95. The second-order valence-electron chi connectivity index (χ2n) is 8.34. The molecule has 0 atom stereocenters. The summed E-state index contributed by atoms with van der Waals surface area (Å²) >= 11 is 6.14. The number of likely N-dealkylation sites (tertiary alicyclic amines) is 1. The van der Waals surface area contributed by atoms with Gasteiger partial charge < -0.3 is 15.5 Å². The number of carbonyl (C=O) groups is 3. The minimum atomic E-state index is -0.335. The third-order valence-corrected chi connectivity index (χ3v) is 6.31. The lowest BCUT2D eigenvalue weighted by molar-refractivity contribution is -0.128. The van der Waals surface area contributed by atoms with Crippen LogP contribution in [0.1, 0.15) is 28.8 Å². The predicted octanol–water partition coefficient (Wildman–Crippen LogP) is 4.41. The van der Waals surface area contributed by atoms with E-state index in [0.29, 0.717) is 42.2 Å². The van der Waals surface area contributed by atoms with Crippen LogP contribution in [0.3, 0.4) is 0 Å². The molecule has 3 amide bonds. The highest BCUT2D eigenvalue weighted by Crippen LogP contribution is 2.24. The molecule has 2 N–H and O–H groups in total. The SMILES string of the molecule is Cc1ccc(NC(=O)CNC(=O)C2CCN(C(=O)c3cccc4ccccc34)CC2)c(Cl)c1. The summed E-state index contributed by atoms with van der Waals surface area (Å²) in [5.41, 5.74) is 2.20. The summed E-state index contributed by atoms with van der Waals surface area (Å²) in [5, 5.41) is 7.84. The number of benzene rings is 3. The molecule has 6 nitrogen and oxygen atoms in total. The Morgan fingerprint density at radius 2 is 1.73 bits per heavy atom. The smallest absolute Gasteiger partial charge is 0.254 e. The molecule has 0 spiro atoms. The predicted molar refractivity (Wildman–Crippen MR) is 130 cm³/mol. The number of amides is 3. The quantitative estimate of drug-likeness (QED) is 0.588. The van der Waals surface area contributed by atoms with Crippen LogP contribution in [0.25, 0.3) is 10.8 Å². The Balaban J connectivity index is 1.28. The van der Waals surface area contributed by atoms with Gasteiger partial charge in [-0.1, -0.05) is 54.1 Å². The Labute approximate surface area is 197 Å². The van der Waals surface area contributed by atoms with Crippen molar-refractivity contribution in [2.75, 3.05) is 25.0 Å². The van der Waals surface area contributed by atoms with E-state index in [0.717, 1.165) is 16.3 Å². The highest BCUT2D eigenvalue weighted by molar-refractivity contribution is 6.33. The van der Waals surface area contributed by atoms with Crippen LogP contribution >= 0.6 is 11.6 Å².